The van der Waals surface area contributed by atoms with Gasteiger partial charge < -0.3 is 5.32 Å². The predicted molar refractivity (Wildman–Crippen MR) is 115 cm³/mol. The lowest BCUT2D eigenvalue weighted by atomic mass is 9.95. The third kappa shape index (κ3) is 6.71. The number of thioether (sulfide) groups is 1. The number of nitrogens with zero attached hydrogens (tertiary/aromatic N) is 1. The van der Waals surface area contributed by atoms with E-state index in [1.807, 2.05) is 17.8 Å². The highest BCUT2D eigenvalue weighted by Gasteiger charge is 2.24. The molecule has 3 nitrogen and oxygen atoms in total. The zero-order chi connectivity index (χ0) is 18.9. The van der Waals surface area contributed by atoms with Crippen molar-refractivity contribution in [1.29, 1.82) is 0 Å². The molecule has 0 aromatic heterocycles. The minimum Gasteiger partial charge on any atom is -0.355 e. The number of benzene rings is 2. The standard InChI is InChI=1S/C23H30N2OS/c1-19-7-9-20(10-8-19)17-25-14-11-22(12-15-25)23(26)24-13-16-27-18-21-5-3-2-4-6-21/h2-10,22H,11-18H2,1H3,(H,24,26). The van der Waals surface area contributed by atoms with Crippen molar-refractivity contribution in [2.45, 2.75) is 32.1 Å². The molecule has 0 spiro atoms. The number of nitrogens with one attached hydrogen (secondary N) is 1. The normalized spacial score (nSPS) is 15.6. The number of carbonyl (C=O) groups is 1. The van der Waals surface area contributed by atoms with Crippen LogP contribution in [-0.4, -0.2) is 36.2 Å². The van der Waals surface area contributed by atoms with E-state index in [2.05, 4.69) is 65.7 Å². The highest BCUT2D eigenvalue weighted by Crippen LogP contribution is 2.19. The molecule has 0 saturated carbocycles. The fourth-order valence-electron chi connectivity index (χ4n) is 3.46. The van der Waals surface area contributed by atoms with Crippen LogP contribution in [0.2, 0.25) is 0 Å². The summed E-state index contributed by atoms with van der Waals surface area (Å²) in [5.41, 5.74) is 4.00. The van der Waals surface area contributed by atoms with E-state index in [4.69, 9.17) is 0 Å². The Kier molecular flexibility index (Phi) is 7.79. The average Bonchev–Trinajstić information content (AvgIpc) is 2.71. The lowest BCUT2D eigenvalue weighted by molar-refractivity contribution is -0.126. The molecule has 1 fully saturated rings. The molecule has 1 saturated heterocycles. The third-order valence-corrected chi connectivity index (χ3v) is 6.17. The zero-order valence-corrected chi connectivity index (χ0v) is 17.0. The van der Waals surface area contributed by atoms with Crippen LogP contribution in [0.3, 0.4) is 0 Å². The van der Waals surface area contributed by atoms with Gasteiger partial charge in [0.1, 0.15) is 0 Å². The van der Waals surface area contributed by atoms with Gasteiger partial charge in [-0.05, 0) is 44.0 Å². The molecule has 0 unspecified atom stereocenters. The van der Waals surface area contributed by atoms with Crippen molar-refractivity contribution in [3.8, 4) is 0 Å². The van der Waals surface area contributed by atoms with Gasteiger partial charge in [0.15, 0.2) is 0 Å². The fraction of sp³-hybridized carbons (Fsp3) is 0.435. The van der Waals surface area contributed by atoms with Gasteiger partial charge in [0.2, 0.25) is 5.91 Å². The van der Waals surface area contributed by atoms with E-state index in [-0.39, 0.29) is 11.8 Å². The lowest BCUT2D eigenvalue weighted by Gasteiger charge is -2.31. The van der Waals surface area contributed by atoms with Crippen LogP contribution in [0.15, 0.2) is 54.6 Å². The summed E-state index contributed by atoms with van der Waals surface area (Å²) in [6.45, 7) is 5.89. The summed E-state index contributed by atoms with van der Waals surface area (Å²) in [6.07, 6.45) is 1.93. The van der Waals surface area contributed by atoms with Crippen molar-refractivity contribution in [1.82, 2.24) is 10.2 Å². The summed E-state index contributed by atoms with van der Waals surface area (Å²) in [5.74, 6) is 2.39. The van der Waals surface area contributed by atoms with E-state index in [9.17, 15) is 4.79 Å². The maximum absolute atomic E-state index is 12.4. The molecule has 0 bridgehead atoms. The van der Waals surface area contributed by atoms with E-state index in [0.717, 1.165) is 50.5 Å². The Hall–Kier alpha value is -1.78. The highest BCUT2D eigenvalue weighted by molar-refractivity contribution is 7.98. The van der Waals surface area contributed by atoms with Crippen molar-refractivity contribution in [2.75, 3.05) is 25.4 Å². The fourth-order valence-corrected chi connectivity index (χ4v) is 4.28. The molecule has 0 atom stereocenters. The molecule has 1 amide bonds. The van der Waals surface area contributed by atoms with Crippen LogP contribution >= 0.6 is 11.8 Å². The number of hydrogen-bond donors (Lipinski definition) is 1. The maximum atomic E-state index is 12.4. The highest BCUT2D eigenvalue weighted by atomic mass is 32.2. The Morgan fingerprint density at radius 3 is 2.44 bits per heavy atom. The predicted octanol–water partition coefficient (Wildman–Crippen LogP) is 4.26. The lowest BCUT2D eigenvalue weighted by Crippen LogP contribution is -2.40. The van der Waals surface area contributed by atoms with Gasteiger partial charge in [-0.25, -0.2) is 0 Å². The monoisotopic (exact) mass is 382 g/mol. The van der Waals surface area contributed by atoms with Gasteiger partial charge in [-0.2, -0.15) is 11.8 Å². The second-order valence-corrected chi connectivity index (χ2v) is 8.47. The van der Waals surface area contributed by atoms with Crippen molar-refractivity contribution in [2.24, 2.45) is 5.92 Å². The smallest absolute Gasteiger partial charge is 0.223 e. The molecular weight excluding hydrogens is 352 g/mol. The summed E-state index contributed by atoms with van der Waals surface area (Å²) in [5, 5.41) is 3.13. The van der Waals surface area contributed by atoms with Crippen LogP contribution in [0, 0.1) is 12.8 Å². The van der Waals surface area contributed by atoms with Crippen molar-refractivity contribution >= 4 is 17.7 Å². The zero-order valence-electron chi connectivity index (χ0n) is 16.2. The second-order valence-electron chi connectivity index (χ2n) is 7.37. The molecule has 27 heavy (non-hydrogen) atoms. The Bertz CT molecular complexity index is 694. The Labute approximate surface area is 167 Å². The molecule has 1 N–H and O–H groups in total. The van der Waals surface area contributed by atoms with Crippen molar-refractivity contribution < 1.29 is 4.79 Å². The first-order valence-corrected chi connectivity index (χ1v) is 11.0. The number of hydrogen-bond acceptors (Lipinski definition) is 3. The van der Waals surface area contributed by atoms with Crippen LogP contribution in [0.1, 0.15) is 29.5 Å². The van der Waals surface area contributed by atoms with Crippen LogP contribution in [0.5, 0.6) is 0 Å². The van der Waals surface area contributed by atoms with Gasteiger partial charge in [-0.1, -0.05) is 60.2 Å². The number of aryl methyl sites for hydroxylation is 1. The van der Waals surface area contributed by atoms with E-state index in [1.165, 1.54) is 16.7 Å². The van der Waals surface area contributed by atoms with Crippen LogP contribution in [-0.2, 0) is 17.1 Å². The van der Waals surface area contributed by atoms with E-state index in [1.54, 1.807) is 0 Å². The summed E-state index contributed by atoms with van der Waals surface area (Å²) >= 11 is 1.87. The van der Waals surface area contributed by atoms with Crippen LogP contribution in [0.4, 0.5) is 0 Å². The van der Waals surface area contributed by atoms with Crippen LogP contribution < -0.4 is 5.32 Å². The first kappa shape index (κ1) is 20.0. The molecule has 144 valence electrons. The number of rotatable bonds is 8. The molecule has 0 aliphatic carbocycles. The largest absolute Gasteiger partial charge is 0.355 e. The first-order chi connectivity index (χ1) is 13.2. The summed E-state index contributed by atoms with van der Waals surface area (Å²) in [7, 11) is 0. The average molecular weight is 383 g/mol. The van der Waals surface area contributed by atoms with E-state index >= 15 is 0 Å². The molecule has 0 radical (unpaired) electrons. The quantitative estimate of drug-likeness (QED) is 0.693. The number of piperidine rings is 1. The van der Waals surface area contributed by atoms with Gasteiger partial charge >= 0.3 is 0 Å². The second kappa shape index (κ2) is 10.5. The molecule has 4 heteroatoms. The molecule has 2 aromatic carbocycles. The SMILES string of the molecule is Cc1ccc(CN2CCC(C(=O)NCCSCc3ccccc3)CC2)cc1. The topological polar surface area (TPSA) is 32.3 Å². The molecule has 1 heterocycles. The van der Waals surface area contributed by atoms with Gasteiger partial charge in [-0.3, -0.25) is 9.69 Å². The Morgan fingerprint density at radius 1 is 1.04 bits per heavy atom. The molecular formula is C23H30N2OS. The van der Waals surface area contributed by atoms with Crippen LogP contribution in [0.25, 0.3) is 0 Å². The van der Waals surface area contributed by atoms with Crippen molar-refractivity contribution in [3.63, 3.8) is 0 Å². The van der Waals surface area contributed by atoms with Gasteiger partial charge in [0.05, 0.1) is 0 Å². The summed E-state index contributed by atoms with van der Waals surface area (Å²) in [6, 6.07) is 19.2. The Morgan fingerprint density at radius 2 is 1.74 bits per heavy atom. The van der Waals surface area contributed by atoms with Gasteiger partial charge in [0.25, 0.3) is 0 Å². The molecule has 3 rings (SSSR count). The molecule has 1 aliphatic rings. The maximum Gasteiger partial charge on any atom is 0.223 e. The minimum absolute atomic E-state index is 0.179. The number of amides is 1. The van der Waals surface area contributed by atoms with Gasteiger partial charge in [0, 0.05) is 30.5 Å². The van der Waals surface area contributed by atoms with E-state index in [0.29, 0.717) is 0 Å². The number of carbonyl (C=O) groups excluding carboxylic acids is 1. The van der Waals surface area contributed by atoms with Gasteiger partial charge in [-0.15, -0.1) is 0 Å². The Balaban J connectivity index is 1.29. The summed E-state index contributed by atoms with van der Waals surface area (Å²) in [4.78, 5) is 14.9. The number of likely N-dealkylation sites (tertiary alicyclic amines) is 1. The van der Waals surface area contributed by atoms with Crippen molar-refractivity contribution in [3.05, 3.63) is 71.3 Å². The third-order valence-electron chi connectivity index (χ3n) is 5.14. The molecule has 1 aliphatic heterocycles. The first-order valence-electron chi connectivity index (χ1n) is 9.88. The van der Waals surface area contributed by atoms with E-state index < -0.39 is 0 Å². The minimum atomic E-state index is 0.179. The summed E-state index contributed by atoms with van der Waals surface area (Å²) < 4.78 is 0. The molecule has 2 aromatic rings.